The van der Waals surface area contributed by atoms with Gasteiger partial charge in [0.1, 0.15) is 6.33 Å². The number of aromatic nitrogens is 3. The first-order chi connectivity index (χ1) is 7.81. The van der Waals surface area contributed by atoms with Gasteiger partial charge in [-0.25, -0.2) is 9.97 Å². The van der Waals surface area contributed by atoms with Crippen molar-refractivity contribution in [2.45, 2.75) is 25.3 Å². The maximum absolute atomic E-state index is 5.56. The summed E-state index contributed by atoms with van der Waals surface area (Å²) in [7, 11) is 1.72. The van der Waals surface area contributed by atoms with Gasteiger partial charge in [-0.05, 0) is 19.3 Å². The first kappa shape index (κ1) is 11.1. The molecule has 1 aromatic heterocycles. The first-order valence-electron chi connectivity index (χ1n) is 5.51. The second-order valence-corrected chi connectivity index (χ2v) is 3.94. The van der Waals surface area contributed by atoms with Crippen molar-refractivity contribution in [3.05, 3.63) is 6.33 Å². The van der Waals surface area contributed by atoms with Crippen LogP contribution in [-0.2, 0) is 4.74 Å². The van der Waals surface area contributed by atoms with Crippen molar-refractivity contribution in [2.75, 3.05) is 30.9 Å². The summed E-state index contributed by atoms with van der Waals surface area (Å²) in [5.74, 6) is 0.931. The summed E-state index contributed by atoms with van der Waals surface area (Å²) < 4.78 is 5.22. The number of methoxy groups -OCH3 is 1. The van der Waals surface area contributed by atoms with Gasteiger partial charge in [-0.1, -0.05) is 0 Å². The number of nitrogens with two attached hydrogens (primary N) is 1. The highest BCUT2D eigenvalue weighted by atomic mass is 16.5. The molecule has 6 heteroatoms. The summed E-state index contributed by atoms with van der Waals surface area (Å²) in [4.78, 5) is 14.3. The quantitative estimate of drug-likeness (QED) is 0.802. The molecular formula is C10H17N5O. The van der Waals surface area contributed by atoms with Crippen LogP contribution in [0.4, 0.5) is 11.9 Å². The van der Waals surface area contributed by atoms with Crippen molar-refractivity contribution < 1.29 is 4.74 Å². The molecule has 0 aromatic carbocycles. The Bertz CT molecular complexity index is 344. The highest BCUT2D eigenvalue weighted by molar-refractivity contribution is 5.35. The van der Waals surface area contributed by atoms with E-state index in [0.717, 1.165) is 19.4 Å². The number of anilines is 2. The molecule has 0 spiro atoms. The molecule has 1 saturated heterocycles. The van der Waals surface area contributed by atoms with E-state index < -0.39 is 0 Å². The minimum atomic E-state index is 0.270. The van der Waals surface area contributed by atoms with Gasteiger partial charge in [0.05, 0.1) is 12.6 Å². The lowest BCUT2D eigenvalue weighted by Gasteiger charge is -2.35. The van der Waals surface area contributed by atoms with E-state index in [1.54, 1.807) is 7.11 Å². The van der Waals surface area contributed by atoms with Crippen LogP contribution in [0.5, 0.6) is 0 Å². The minimum Gasteiger partial charge on any atom is -0.383 e. The first-order valence-corrected chi connectivity index (χ1v) is 5.51. The fourth-order valence-corrected chi connectivity index (χ4v) is 2.07. The Balaban J connectivity index is 2.16. The van der Waals surface area contributed by atoms with E-state index in [0.29, 0.717) is 18.6 Å². The smallest absolute Gasteiger partial charge is 0.230 e. The van der Waals surface area contributed by atoms with E-state index in [4.69, 9.17) is 10.5 Å². The van der Waals surface area contributed by atoms with Crippen LogP contribution in [0.2, 0.25) is 0 Å². The van der Waals surface area contributed by atoms with Gasteiger partial charge in [0.25, 0.3) is 0 Å². The van der Waals surface area contributed by atoms with Gasteiger partial charge < -0.3 is 15.4 Å². The Morgan fingerprint density at radius 3 is 3.12 bits per heavy atom. The summed E-state index contributed by atoms with van der Waals surface area (Å²) in [6.45, 7) is 1.66. The Morgan fingerprint density at radius 2 is 2.38 bits per heavy atom. The zero-order chi connectivity index (χ0) is 11.4. The molecule has 2 N–H and O–H groups in total. The van der Waals surface area contributed by atoms with Gasteiger partial charge in [-0.2, -0.15) is 4.98 Å². The largest absolute Gasteiger partial charge is 0.383 e. The highest BCUT2D eigenvalue weighted by Gasteiger charge is 2.24. The Kier molecular flexibility index (Phi) is 3.51. The SMILES string of the molecule is COCC1CCCCN1c1ncnc(N)n1. The number of hydrogen-bond donors (Lipinski definition) is 1. The summed E-state index contributed by atoms with van der Waals surface area (Å²) in [6.07, 6.45) is 4.95. The van der Waals surface area contributed by atoms with Crippen molar-refractivity contribution in [3.8, 4) is 0 Å². The van der Waals surface area contributed by atoms with Gasteiger partial charge in [0, 0.05) is 13.7 Å². The average Bonchev–Trinajstić information content (AvgIpc) is 2.30. The molecule has 1 atom stereocenters. The maximum atomic E-state index is 5.56. The molecular weight excluding hydrogens is 206 g/mol. The van der Waals surface area contributed by atoms with E-state index >= 15 is 0 Å². The van der Waals surface area contributed by atoms with Crippen molar-refractivity contribution in [1.82, 2.24) is 15.0 Å². The average molecular weight is 223 g/mol. The molecule has 2 heterocycles. The Labute approximate surface area is 94.9 Å². The second kappa shape index (κ2) is 5.07. The van der Waals surface area contributed by atoms with E-state index in [9.17, 15) is 0 Å². The molecule has 1 fully saturated rings. The van der Waals surface area contributed by atoms with Crippen LogP contribution in [0.1, 0.15) is 19.3 Å². The standard InChI is InChI=1S/C10H17N5O/c1-16-6-8-4-2-3-5-15(8)10-13-7-12-9(11)14-10/h7-8H,2-6H2,1H3,(H2,11,12,13,14). The lowest BCUT2D eigenvalue weighted by Crippen LogP contribution is -2.43. The molecule has 0 bridgehead atoms. The predicted octanol–water partition coefficient (Wildman–Crippen LogP) is 0.459. The van der Waals surface area contributed by atoms with E-state index in [1.807, 2.05) is 0 Å². The van der Waals surface area contributed by atoms with Gasteiger partial charge in [0.15, 0.2) is 0 Å². The van der Waals surface area contributed by atoms with Gasteiger partial charge >= 0.3 is 0 Å². The number of piperidine rings is 1. The van der Waals surface area contributed by atoms with Crippen LogP contribution in [0.15, 0.2) is 6.33 Å². The third-order valence-electron chi connectivity index (χ3n) is 2.82. The lowest BCUT2D eigenvalue weighted by atomic mass is 10.0. The molecule has 1 aliphatic heterocycles. The maximum Gasteiger partial charge on any atom is 0.230 e. The summed E-state index contributed by atoms with van der Waals surface area (Å²) in [6, 6.07) is 0.348. The molecule has 1 aliphatic rings. The van der Waals surface area contributed by atoms with Crippen LogP contribution in [0.3, 0.4) is 0 Å². The van der Waals surface area contributed by atoms with Crippen LogP contribution >= 0.6 is 0 Å². The fourth-order valence-electron chi connectivity index (χ4n) is 2.07. The van der Waals surface area contributed by atoms with Gasteiger partial charge in [-0.3, -0.25) is 0 Å². The zero-order valence-corrected chi connectivity index (χ0v) is 9.46. The molecule has 1 unspecified atom stereocenters. The third kappa shape index (κ3) is 2.38. The number of ether oxygens (including phenoxy) is 1. The number of rotatable bonds is 3. The predicted molar refractivity (Wildman–Crippen MR) is 61.1 cm³/mol. The molecule has 0 aliphatic carbocycles. The molecule has 1 aromatic rings. The number of nitrogen functional groups attached to an aromatic ring is 1. The highest BCUT2D eigenvalue weighted by Crippen LogP contribution is 2.21. The monoisotopic (exact) mass is 223 g/mol. The molecule has 88 valence electrons. The van der Waals surface area contributed by atoms with E-state index in [2.05, 4.69) is 19.9 Å². The molecule has 0 radical (unpaired) electrons. The molecule has 0 saturated carbocycles. The normalized spacial score (nSPS) is 21.1. The zero-order valence-electron chi connectivity index (χ0n) is 9.46. The topological polar surface area (TPSA) is 77.2 Å². The van der Waals surface area contributed by atoms with Crippen LogP contribution in [-0.4, -0.2) is 41.3 Å². The summed E-state index contributed by atoms with van der Waals surface area (Å²) in [5.41, 5.74) is 5.56. The Morgan fingerprint density at radius 1 is 1.50 bits per heavy atom. The number of nitrogens with zero attached hydrogens (tertiary/aromatic N) is 4. The molecule has 16 heavy (non-hydrogen) atoms. The Hall–Kier alpha value is -1.43. The summed E-state index contributed by atoms with van der Waals surface area (Å²) >= 11 is 0. The van der Waals surface area contributed by atoms with Crippen LogP contribution in [0.25, 0.3) is 0 Å². The van der Waals surface area contributed by atoms with Crippen LogP contribution < -0.4 is 10.6 Å². The van der Waals surface area contributed by atoms with Crippen molar-refractivity contribution in [3.63, 3.8) is 0 Å². The van der Waals surface area contributed by atoms with Crippen molar-refractivity contribution >= 4 is 11.9 Å². The molecule has 0 amide bonds. The van der Waals surface area contributed by atoms with Gasteiger partial charge in [0.2, 0.25) is 11.9 Å². The number of hydrogen-bond acceptors (Lipinski definition) is 6. The summed E-state index contributed by atoms with van der Waals surface area (Å²) in [5, 5.41) is 0. The lowest BCUT2D eigenvalue weighted by molar-refractivity contribution is 0.165. The van der Waals surface area contributed by atoms with Crippen molar-refractivity contribution in [2.24, 2.45) is 0 Å². The van der Waals surface area contributed by atoms with E-state index in [1.165, 1.54) is 12.7 Å². The minimum absolute atomic E-state index is 0.270. The fraction of sp³-hybridized carbons (Fsp3) is 0.700. The van der Waals surface area contributed by atoms with E-state index in [-0.39, 0.29) is 5.95 Å². The van der Waals surface area contributed by atoms with Crippen LogP contribution in [0, 0.1) is 0 Å². The second-order valence-electron chi connectivity index (χ2n) is 3.94. The molecule has 6 nitrogen and oxygen atoms in total. The molecule has 2 rings (SSSR count). The third-order valence-corrected chi connectivity index (χ3v) is 2.82. The van der Waals surface area contributed by atoms with Crippen molar-refractivity contribution in [1.29, 1.82) is 0 Å². The van der Waals surface area contributed by atoms with Gasteiger partial charge in [-0.15, -0.1) is 0 Å².